The van der Waals surface area contributed by atoms with Crippen LogP contribution in [0, 0.1) is 13.5 Å². The van der Waals surface area contributed by atoms with Crippen molar-refractivity contribution in [2.24, 2.45) is 0 Å². The molecule has 0 fully saturated rings. The molecular weight excluding hydrogens is 315 g/mol. The molecule has 1 aromatic rings. The van der Waals surface area contributed by atoms with E-state index in [1.807, 2.05) is 31.2 Å². The molecule has 3 atom stereocenters. The van der Waals surface area contributed by atoms with E-state index < -0.39 is 0 Å². The third-order valence-electron chi connectivity index (χ3n) is 1.84. The van der Waals surface area contributed by atoms with Gasteiger partial charge in [-0.3, -0.25) is 0 Å². The second kappa shape index (κ2) is 9.69. The van der Waals surface area contributed by atoms with E-state index in [1.165, 1.54) is 11.6 Å². The van der Waals surface area contributed by atoms with Crippen LogP contribution in [0.3, 0.4) is 0 Å². The number of aryl methyl sites for hydroxylation is 1. The van der Waals surface area contributed by atoms with Crippen LogP contribution < -0.4 is 4.74 Å². The number of hydrogen-bond acceptors (Lipinski definition) is 2. The first-order valence-electron chi connectivity index (χ1n) is 4.62. The number of benzene rings is 1. The summed E-state index contributed by atoms with van der Waals surface area (Å²) >= 11 is 0. The number of ether oxygens (including phenoxy) is 1. The topological polar surface area (TPSA) is 18.5 Å². The molecule has 0 spiro atoms. The molecule has 0 amide bonds. The molecule has 1 aromatic carbocycles. The van der Waals surface area contributed by atoms with Crippen LogP contribution in [0.4, 0.5) is 0 Å². The molecule has 0 N–H and O–H groups in total. The second-order valence-electron chi connectivity index (χ2n) is 3.09. The van der Waals surface area contributed by atoms with Gasteiger partial charge >= 0.3 is 0 Å². The molecule has 0 bridgehead atoms. The van der Waals surface area contributed by atoms with Gasteiger partial charge in [-0.1, -0.05) is 21.1 Å². The molecule has 85 valence electrons. The summed E-state index contributed by atoms with van der Waals surface area (Å²) < 4.78 is 10.9. The molecule has 0 heterocycles. The SMILES string of the molecule is [CH-]=C[C@H](COc1cccc(C)c1)OPP.[Y]. The fraction of sp³-hybridized carbons (Fsp3) is 0.273. The van der Waals surface area contributed by atoms with Crippen molar-refractivity contribution in [1.82, 2.24) is 0 Å². The molecule has 0 aliphatic carbocycles. The van der Waals surface area contributed by atoms with E-state index in [0.717, 1.165) is 5.75 Å². The monoisotopic (exact) mass is 330 g/mol. The van der Waals surface area contributed by atoms with Crippen LogP contribution in [-0.2, 0) is 37.2 Å². The van der Waals surface area contributed by atoms with Crippen molar-refractivity contribution in [3.05, 3.63) is 42.5 Å². The van der Waals surface area contributed by atoms with Crippen molar-refractivity contribution in [2.75, 3.05) is 6.61 Å². The van der Waals surface area contributed by atoms with Crippen molar-refractivity contribution in [3.8, 4) is 5.75 Å². The van der Waals surface area contributed by atoms with Gasteiger partial charge in [-0.05, 0) is 24.6 Å². The van der Waals surface area contributed by atoms with Gasteiger partial charge in [0, 0.05) is 41.2 Å². The summed E-state index contributed by atoms with van der Waals surface area (Å²) in [6.07, 6.45) is 1.36. The van der Waals surface area contributed by atoms with Gasteiger partial charge in [-0.25, -0.2) is 6.08 Å². The second-order valence-corrected chi connectivity index (χ2v) is 4.27. The first-order valence-corrected chi connectivity index (χ1v) is 7.34. The normalized spacial score (nSPS) is 12.1. The minimum atomic E-state index is -0.152. The Morgan fingerprint density at radius 2 is 2.31 bits per heavy atom. The standard InChI is InChI=1S/C11H15O2P2.Y/c1-3-10(13-15-14)8-12-11-6-4-5-9(2)7-11;/h1,3-7,10,15H,8,14H2,2H3;/q-1;/t10-;/m1./s1. The summed E-state index contributed by atoms with van der Waals surface area (Å²) in [7, 11) is 2.85. The maximum atomic E-state index is 5.55. The van der Waals surface area contributed by atoms with Crippen molar-refractivity contribution >= 4 is 17.4 Å². The first kappa shape index (κ1) is 16.7. The Kier molecular flexibility index (Phi) is 10.1. The van der Waals surface area contributed by atoms with E-state index in [-0.39, 0.29) is 38.8 Å². The van der Waals surface area contributed by atoms with Crippen LogP contribution in [0.2, 0.25) is 0 Å². The molecule has 1 radical (unpaired) electrons. The molecule has 2 unspecified atom stereocenters. The Labute approximate surface area is 126 Å². The zero-order chi connectivity index (χ0) is 11.1. The number of rotatable bonds is 6. The van der Waals surface area contributed by atoms with Crippen LogP contribution in [0.1, 0.15) is 5.56 Å². The zero-order valence-corrected chi connectivity index (χ0v) is 14.2. The van der Waals surface area contributed by atoms with E-state index >= 15 is 0 Å². The molecule has 16 heavy (non-hydrogen) atoms. The van der Waals surface area contributed by atoms with E-state index in [0.29, 0.717) is 15.1 Å². The summed E-state index contributed by atoms with van der Waals surface area (Å²) in [5.41, 5.74) is 1.18. The van der Waals surface area contributed by atoms with Gasteiger partial charge in [0.1, 0.15) is 12.4 Å². The maximum absolute atomic E-state index is 5.55. The van der Waals surface area contributed by atoms with Gasteiger partial charge < -0.3 is 15.8 Å². The van der Waals surface area contributed by atoms with Gasteiger partial charge in [-0.2, -0.15) is 0 Å². The van der Waals surface area contributed by atoms with Gasteiger partial charge in [-0.15, -0.1) is 0 Å². The molecule has 0 aromatic heterocycles. The van der Waals surface area contributed by atoms with Crippen LogP contribution >= 0.6 is 17.4 Å². The third-order valence-corrected chi connectivity index (χ3v) is 2.68. The minimum absolute atomic E-state index is 0. The Morgan fingerprint density at radius 3 is 2.88 bits per heavy atom. The molecule has 5 heteroatoms. The van der Waals surface area contributed by atoms with Crippen molar-refractivity contribution < 1.29 is 42.0 Å². The van der Waals surface area contributed by atoms with Crippen molar-refractivity contribution in [2.45, 2.75) is 13.0 Å². The largest absolute Gasteiger partial charge is 0.515 e. The molecule has 0 saturated carbocycles. The minimum Gasteiger partial charge on any atom is -0.515 e. The molecule has 0 saturated heterocycles. The van der Waals surface area contributed by atoms with Gasteiger partial charge in [0.05, 0.1) is 6.10 Å². The molecular formula is C11H15O2P2Y-. The quantitative estimate of drug-likeness (QED) is 0.589. The van der Waals surface area contributed by atoms with Crippen LogP contribution in [0.15, 0.2) is 30.3 Å². The first-order chi connectivity index (χ1) is 7.26. The van der Waals surface area contributed by atoms with Crippen molar-refractivity contribution in [1.29, 1.82) is 0 Å². The predicted molar refractivity (Wildman–Crippen MR) is 68.4 cm³/mol. The fourth-order valence-electron chi connectivity index (χ4n) is 1.10. The van der Waals surface area contributed by atoms with Crippen LogP contribution in [-0.4, -0.2) is 12.7 Å². The average Bonchev–Trinajstić information content (AvgIpc) is 2.24. The van der Waals surface area contributed by atoms with E-state index in [1.54, 1.807) is 0 Å². The Hall–Kier alpha value is 0.684. The van der Waals surface area contributed by atoms with Crippen molar-refractivity contribution in [3.63, 3.8) is 0 Å². The Bertz CT molecular complexity index is 321. The molecule has 1 rings (SSSR count). The van der Waals surface area contributed by atoms with Crippen LogP contribution in [0.5, 0.6) is 5.75 Å². The number of hydrogen-bond donors (Lipinski definition) is 0. The summed E-state index contributed by atoms with van der Waals surface area (Å²) in [6, 6.07) is 7.89. The van der Waals surface area contributed by atoms with Gasteiger partial charge in [0.15, 0.2) is 0 Å². The smallest absolute Gasteiger partial charge is 0.119 e. The molecule has 0 aliphatic rings. The molecule has 2 nitrogen and oxygen atoms in total. The summed E-state index contributed by atoms with van der Waals surface area (Å²) in [4.78, 5) is 0. The Morgan fingerprint density at radius 1 is 1.56 bits per heavy atom. The predicted octanol–water partition coefficient (Wildman–Crippen LogP) is 3.13. The summed E-state index contributed by atoms with van der Waals surface area (Å²) in [5.74, 6) is 0.845. The Balaban J connectivity index is 0.00000225. The van der Waals surface area contributed by atoms with Gasteiger partial charge in [0.25, 0.3) is 0 Å². The van der Waals surface area contributed by atoms with E-state index in [2.05, 4.69) is 8.93 Å². The average molecular weight is 330 g/mol. The van der Waals surface area contributed by atoms with Gasteiger partial charge in [0.2, 0.25) is 0 Å². The van der Waals surface area contributed by atoms with Crippen LogP contribution in [0.25, 0.3) is 0 Å². The fourth-order valence-corrected chi connectivity index (χ4v) is 1.95. The van der Waals surface area contributed by atoms with E-state index in [9.17, 15) is 0 Å². The summed E-state index contributed by atoms with van der Waals surface area (Å²) in [5, 5.41) is 0. The third kappa shape index (κ3) is 6.43. The maximum Gasteiger partial charge on any atom is 0.119 e. The van der Waals surface area contributed by atoms with E-state index in [4.69, 9.17) is 15.8 Å². The summed E-state index contributed by atoms with van der Waals surface area (Å²) in [6.45, 7) is 7.89. The molecule has 0 aliphatic heterocycles. The zero-order valence-electron chi connectivity index (χ0n) is 9.22.